The van der Waals surface area contributed by atoms with Gasteiger partial charge in [0.1, 0.15) is 10.8 Å². The molecule has 0 radical (unpaired) electrons. The number of methoxy groups -OCH3 is 1. The van der Waals surface area contributed by atoms with E-state index in [2.05, 4.69) is 26.3 Å². The molecule has 0 aliphatic carbocycles. The Hall–Kier alpha value is -3.18. The van der Waals surface area contributed by atoms with Crippen LogP contribution in [0.15, 0.2) is 28.7 Å². The number of nitrogen functional groups attached to an aromatic ring is 1. The van der Waals surface area contributed by atoms with Crippen LogP contribution in [0.2, 0.25) is 0 Å². The van der Waals surface area contributed by atoms with Crippen molar-refractivity contribution in [1.82, 2.24) is 30.0 Å². The van der Waals surface area contributed by atoms with E-state index in [9.17, 15) is 4.79 Å². The first kappa shape index (κ1) is 22.6. The van der Waals surface area contributed by atoms with Gasteiger partial charge in [-0.25, -0.2) is 9.67 Å². The fourth-order valence-electron chi connectivity index (χ4n) is 4.21. The summed E-state index contributed by atoms with van der Waals surface area (Å²) in [6.45, 7) is 4.96. The van der Waals surface area contributed by atoms with Crippen LogP contribution in [0.3, 0.4) is 0 Å². The third-order valence-electron chi connectivity index (χ3n) is 5.87. The van der Waals surface area contributed by atoms with E-state index in [1.54, 1.807) is 29.3 Å². The molecule has 0 saturated carbocycles. The average Bonchev–Trinajstić information content (AvgIpc) is 3.44. The lowest BCUT2D eigenvalue weighted by Gasteiger charge is -2.19. The number of aryl methyl sites for hydroxylation is 1. The third-order valence-corrected chi connectivity index (χ3v) is 7.99. The van der Waals surface area contributed by atoms with Crippen molar-refractivity contribution in [2.75, 3.05) is 19.4 Å². The number of aromatic nitrogens is 5. The number of thioether (sulfide) groups is 1. The average molecular weight is 496 g/mol. The summed E-state index contributed by atoms with van der Waals surface area (Å²) in [5.74, 6) is 0.955. The molecule has 4 aromatic heterocycles. The zero-order valence-corrected chi connectivity index (χ0v) is 20.8. The number of carbonyl (C=O) groups is 1. The van der Waals surface area contributed by atoms with Crippen LogP contribution in [-0.4, -0.2) is 49.5 Å². The molecule has 1 amide bonds. The molecule has 0 fully saturated rings. The fourth-order valence-corrected chi connectivity index (χ4v) is 6.10. The molecular formula is C23H25N7O2S2. The molecule has 11 heteroatoms. The molecule has 4 aromatic rings. The van der Waals surface area contributed by atoms with E-state index in [-0.39, 0.29) is 17.1 Å². The highest BCUT2D eigenvalue weighted by molar-refractivity contribution is 8.00. The lowest BCUT2D eigenvalue weighted by atomic mass is 10.1. The number of nitrogens with zero attached hydrogens (tertiary/aromatic N) is 5. The standard InChI is InChI=1S/C23H25N7O2S2/c1-12-10-26-16(13(2)19(12)32-3)11-30-20-18-15(29-30)9-17(34-22(18)28-23(24)27-20)21(31)25-7-6-14-5-4-8-33-14/h4-5,8,10,17H,6-7,9,11H2,1-3H3,(H,25,31)(H2,24,27,28). The number of rotatable bonds is 7. The van der Waals surface area contributed by atoms with E-state index < -0.39 is 0 Å². The summed E-state index contributed by atoms with van der Waals surface area (Å²) in [5, 5.41) is 11.1. The zero-order chi connectivity index (χ0) is 23.8. The van der Waals surface area contributed by atoms with E-state index in [1.165, 1.54) is 16.6 Å². The lowest BCUT2D eigenvalue weighted by Crippen LogP contribution is -2.36. The molecule has 0 bridgehead atoms. The van der Waals surface area contributed by atoms with Crippen molar-refractivity contribution in [3.8, 4) is 5.75 Å². The van der Waals surface area contributed by atoms with Crippen LogP contribution in [-0.2, 0) is 24.2 Å². The van der Waals surface area contributed by atoms with E-state index >= 15 is 0 Å². The lowest BCUT2D eigenvalue weighted by molar-refractivity contribution is -0.120. The van der Waals surface area contributed by atoms with Gasteiger partial charge in [-0.2, -0.15) is 10.1 Å². The zero-order valence-electron chi connectivity index (χ0n) is 19.2. The van der Waals surface area contributed by atoms with Crippen molar-refractivity contribution in [3.05, 3.63) is 51.1 Å². The SMILES string of the molecule is COc1c(C)cnc(Cn2nc3c4c(nc(N)nc42)SC(C(=O)NCCc2cccs2)C3)c1C. The molecule has 1 aliphatic rings. The minimum atomic E-state index is -0.323. The van der Waals surface area contributed by atoms with Gasteiger partial charge in [-0.15, -0.1) is 11.3 Å². The number of thiophene rings is 1. The summed E-state index contributed by atoms with van der Waals surface area (Å²) in [4.78, 5) is 27.7. The Kier molecular flexibility index (Phi) is 6.13. The van der Waals surface area contributed by atoms with Crippen molar-refractivity contribution in [2.24, 2.45) is 0 Å². The van der Waals surface area contributed by atoms with E-state index in [4.69, 9.17) is 15.6 Å². The van der Waals surface area contributed by atoms with Gasteiger partial charge in [0.15, 0.2) is 5.65 Å². The first-order valence-electron chi connectivity index (χ1n) is 10.9. The largest absolute Gasteiger partial charge is 0.496 e. The van der Waals surface area contributed by atoms with Crippen LogP contribution in [0, 0.1) is 13.8 Å². The smallest absolute Gasteiger partial charge is 0.233 e. The van der Waals surface area contributed by atoms with Crippen LogP contribution in [0.1, 0.15) is 27.4 Å². The van der Waals surface area contributed by atoms with E-state index in [0.717, 1.165) is 40.1 Å². The number of nitrogens with one attached hydrogen (secondary N) is 1. The number of carbonyl (C=O) groups excluding carboxylic acids is 1. The number of pyridine rings is 1. The van der Waals surface area contributed by atoms with Crippen molar-refractivity contribution >= 4 is 46.0 Å². The Labute approximate surface area is 205 Å². The topological polar surface area (TPSA) is 121 Å². The number of hydrogen-bond acceptors (Lipinski definition) is 9. The summed E-state index contributed by atoms with van der Waals surface area (Å²) in [6.07, 6.45) is 3.12. The van der Waals surface area contributed by atoms with Gasteiger partial charge in [-0.1, -0.05) is 17.8 Å². The number of nitrogens with two attached hydrogens (primary N) is 1. The number of hydrogen-bond donors (Lipinski definition) is 2. The Morgan fingerprint density at radius 2 is 2.21 bits per heavy atom. The van der Waals surface area contributed by atoms with Gasteiger partial charge in [-0.3, -0.25) is 9.78 Å². The molecule has 1 aliphatic heterocycles. The van der Waals surface area contributed by atoms with Gasteiger partial charge in [0.2, 0.25) is 11.9 Å². The third kappa shape index (κ3) is 4.21. The van der Waals surface area contributed by atoms with Gasteiger partial charge < -0.3 is 15.8 Å². The van der Waals surface area contributed by atoms with E-state index in [0.29, 0.717) is 30.2 Å². The maximum Gasteiger partial charge on any atom is 0.233 e. The molecule has 5 rings (SSSR count). The summed E-state index contributed by atoms with van der Waals surface area (Å²) in [6, 6.07) is 4.09. The maximum atomic E-state index is 12.9. The quantitative estimate of drug-likeness (QED) is 0.376. The van der Waals surface area contributed by atoms with Crippen LogP contribution < -0.4 is 15.8 Å². The Bertz CT molecular complexity index is 1370. The van der Waals surface area contributed by atoms with Crippen LogP contribution in [0.25, 0.3) is 11.0 Å². The monoisotopic (exact) mass is 495 g/mol. The van der Waals surface area contributed by atoms with Crippen molar-refractivity contribution in [2.45, 2.75) is 43.5 Å². The molecule has 34 heavy (non-hydrogen) atoms. The molecule has 0 saturated heterocycles. The molecule has 176 valence electrons. The number of anilines is 1. The Morgan fingerprint density at radius 1 is 1.35 bits per heavy atom. The second kappa shape index (κ2) is 9.22. The molecule has 1 atom stereocenters. The normalized spacial score (nSPS) is 15.0. The minimum Gasteiger partial charge on any atom is -0.496 e. The molecule has 0 spiro atoms. The minimum absolute atomic E-state index is 0.0205. The van der Waals surface area contributed by atoms with Gasteiger partial charge in [-0.05, 0) is 31.7 Å². The Balaban J connectivity index is 1.40. The molecule has 3 N–H and O–H groups in total. The maximum absolute atomic E-state index is 12.9. The molecule has 1 unspecified atom stereocenters. The first-order chi connectivity index (χ1) is 16.4. The number of amides is 1. The molecule has 9 nitrogen and oxygen atoms in total. The van der Waals surface area contributed by atoms with Crippen molar-refractivity contribution < 1.29 is 9.53 Å². The highest BCUT2D eigenvalue weighted by Gasteiger charge is 2.32. The molecule has 5 heterocycles. The fraction of sp³-hybridized carbons (Fsp3) is 0.348. The summed E-state index contributed by atoms with van der Waals surface area (Å²) >= 11 is 3.11. The molecular weight excluding hydrogens is 470 g/mol. The molecule has 0 aromatic carbocycles. The van der Waals surface area contributed by atoms with E-state index in [1.807, 2.05) is 25.3 Å². The summed E-state index contributed by atoms with van der Waals surface area (Å²) < 4.78 is 7.35. The van der Waals surface area contributed by atoms with Gasteiger partial charge in [0.25, 0.3) is 0 Å². The number of ether oxygens (including phenoxy) is 1. The highest BCUT2D eigenvalue weighted by Crippen LogP contribution is 2.38. The highest BCUT2D eigenvalue weighted by atomic mass is 32.2. The van der Waals surface area contributed by atoms with Crippen molar-refractivity contribution in [1.29, 1.82) is 0 Å². The Morgan fingerprint density at radius 3 is 2.97 bits per heavy atom. The summed E-state index contributed by atoms with van der Waals surface area (Å²) in [7, 11) is 1.66. The second-order valence-corrected chi connectivity index (χ2v) is 10.4. The van der Waals surface area contributed by atoms with Crippen LogP contribution in [0.4, 0.5) is 5.95 Å². The van der Waals surface area contributed by atoms with Crippen LogP contribution >= 0.6 is 23.1 Å². The van der Waals surface area contributed by atoms with Gasteiger partial charge in [0.05, 0.1) is 35.7 Å². The predicted octanol–water partition coefficient (Wildman–Crippen LogP) is 2.91. The predicted molar refractivity (Wildman–Crippen MR) is 133 cm³/mol. The van der Waals surface area contributed by atoms with Gasteiger partial charge in [0, 0.05) is 35.2 Å². The first-order valence-corrected chi connectivity index (χ1v) is 12.7. The summed E-state index contributed by atoms with van der Waals surface area (Å²) in [5.41, 5.74) is 10.3. The van der Waals surface area contributed by atoms with Crippen molar-refractivity contribution in [3.63, 3.8) is 0 Å². The van der Waals surface area contributed by atoms with Crippen LogP contribution in [0.5, 0.6) is 5.75 Å². The van der Waals surface area contributed by atoms with Gasteiger partial charge >= 0.3 is 0 Å². The second-order valence-electron chi connectivity index (χ2n) is 8.17.